The van der Waals surface area contributed by atoms with Crippen LogP contribution >= 0.6 is 15.9 Å². The summed E-state index contributed by atoms with van der Waals surface area (Å²) in [6.07, 6.45) is 5.88. The van der Waals surface area contributed by atoms with E-state index in [1.807, 2.05) is 0 Å². The molecule has 0 spiro atoms. The van der Waals surface area contributed by atoms with Crippen LogP contribution < -0.4 is 0 Å². The van der Waals surface area contributed by atoms with Gasteiger partial charge in [-0.05, 0) is 60.4 Å². The van der Waals surface area contributed by atoms with Gasteiger partial charge in [-0.1, -0.05) is 27.2 Å². The number of aliphatic hydroxyl groups is 1. The van der Waals surface area contributed by atoms with Gasteiger partial charge in [0.15, 0.2) is 0 Å². The number of hydrogen-bond acceptors (Lipinski definition) is 2. The molecule has 0 amide bonds. The minimum Gasteiger partial charge on any atom is -0.389 e. The van der Waals surface area contributed by atoms with Crippen LogP contribution in [0.4, 0.5) is 0 Å². The lowest BCUT2D eigenvalue weighted by molar-refractivity contribution is -0.0255. The highest BCUT2D eigenvalue weighted by Crippen LogP contribution is 2.39. The highest BCUT2D eigenvalue weighted by atomic mass is 79.9. The second-order valence-electron chi connectivity index (χ2n) is 6.88. The van der Waals surface area contributed by atoms with Crippen LogP contribution in [0.25, 0.3) is 0 Å². The van der Waals surface area contributed by atoms with E-state index in [0.717, 1.165) is 48.8 Å². The number of rotatable bonds is 5. The van der Waals surface area contributed by atoms with Crippen LogP contribution in [0.1, 0.15) is 64.8 Å². The smallest absolute Gasteiger partial charge is 0.0766 e. The highest BCUT2D eigenvalue weighted by Gasteiger charge is 2.37. The summed E-state index contributed by atoms with van der Waals surface area (Å²) in [6.45, 7) is 9.65. The normalized spacial score (nSPS) is 26.5. The van der Waals surface area contributed by atoms with Gasteiger partial charge in [-0.3, -0.25) is 4.68 Å². The lowest BCUT2D eigenvalue weighted by Gasteiger charge is -2.38. The van der Waals surface area contributed by atoms with E-state index in [4.69, 9.17) is 0 Å². The molecule has 3 nitrogen and oxygen atoms in total. The van der Waals surface area contributed by atoms with Crippen molar-refractivity contribution in [3.8, 4) is 0 Å². The van der Waals surface area contributed by atoms with Gasteiger partial charge >= 0.3 is 0 Å². The van der Waals surface area contributed by atoms with E-state index in [1.165, 1.54) is 12.1 Å². The molecule has 0 aromatic carbocycles. The summed E-state index contributed by atoms with van der Waals surface area (Å²) in [5.74, 6) is 1.30. The van der Waals surface area contributed by atoms with Gasteiger partial charge in [-0.2, -0.15) is 5.10 Å². The van der Waals surface area contributed by atoms with E-state index in [0.29, 0.717) is 11.8 Å². The standard InChI is InChI=1S/C17H29BrN2O/c1-5-14-16(18)15(20(6-2)19-14)11-17(21)9-7-8-13(10-17)12(3)4/h12-13,21H,5-11H2,1-4H3. The van der Waals surface area contributed by atoms with Crippen LogP contribution in [0.15, 0.2) is 4.47 Å². The maximum absolute atomic E-state index is 11.1. The molecule has 21 heavy (non-hydrogen) atoms. The molecule has 2 rings (SSSR count). The van der Waals surface area contributed by atoms with Crippen molar-refractivity contribution in [3.63, 3.8) is 0 Å². The molecule has 1 heterocycles. The maximum atomic E-state index is 11.1. The van der Waals surface area contributed by atoms with Gasteiger partial charge < -0.3 is 5.11 Å². The van der Waals surface area contributed by atoms with E-state index in [2.05, 4.69) is 53.4 Å². The Morgan fingerprint density at radius 3 is 2.71 bits per heavy atom. The monoisotopic (exact) mass is 356 g/mol. The molecular weight excluding hydrogens is 328 g/mol. The maximum Gasteiger partial charge on any atom is 0.0766 e. The van der Waals surface area contributed by atoms with E-state index in [1.54, 1.807) is 0 Å². The quantitative estimate of drug-likeness (QED) is 0.851. The van der Waals surface area contributed by atoms with Crippen molar-refractivity contribution < 1.29 is 5.11 Å². The molecule has 0 saturated heterocycles. The van der Waals surface area contributed by atoms with Crippen LogP contribution in [-0.4, -0.2) is 20.5 Å². The Kier molecular flexibility index (Phi) is 5.53. The Morgan fingerprint density at radius 1 is 1.43 bits per heavy atom. The van der Waals surface area contributed by atoms with Gasteiger partial charge in [-0.15, -0.1) is 0 Å². The van der Waals surface area contributed by atoms with Gasteiger partial charge in [0.1, 0.15) is 0 Å². The van der Waals surface area contributed by atoms with Crippen LogP contribution in [-0.2, 0) is 19.4 Å². The summed E-state index contributed by atoms with van der Waals surface area (Å²) in [4.78, 5) is 0. The molecule has 1 N–H and O–H groups in total. The molecular formula is C17H29BrN2O. The molecule has 0 aliphatic heterocycles. The lowest BCUT2D eigenvalue weighted by Crippen LogP contribution is -2.39. The van der Waals surface area contributed by atoms with Crippen molar-refractivity contribution in [2.24, 2.45) is 11.8 Å². The molecule has 1 aromatic heterocycles. The molecule has 0 bridgehead atoms. The molecule has 1 aliphatic carbocycles. The zero-order valence-electron chi connectivity index (χ0n) is 13.8. The topological polar surface area (TPSA) is 38.0 Å². The zero-order chi connectivity index (χ0) is 15.6. The van der Waals surface area contributed by atoms with Gasteiger partial charge in [0.2, 0.25) is 0 Å². The Balaban J connectivity index is 2.22. The third kappa shape index (κ3) is 3.70. The van der Waals surface area contributed by atoms with Crippen molar-refractivity contribution in [2.75, 3.05) is 0 Å². The highest BCUT2D eigenvalue weighted by molar-refractivity contribution is 9.10. The van der Waals surface area contributed by atoms with Crippen LogP contribution in [0.3, 0.4) is 0 Å². The largest absolute Gasteiger partial charge is 0.389 e. The van der Waals surface area contributed by atoms with E-state index < -0.39 is 5.60 Å². The fourth-order valence-corrected chi connectivity index (χ4v) is 4.32. The van der Waals surface area contributed by atoms with Crippen molar-refractivity contribution in [3.05, 3.63) is 15.9 Å². The van der Waals surface area contributed by atoms with E-state index in [9.17, 15) is 5.11 Å². The van der Waals surface area contributed by atoms with E-state index in [-0.39, 0.29) is 0 Å². The molecule has 1 fully saturated rings. The Hall–Kier alpha value is -0.350. The van der Waals surface area contributed by atoms with Crippen molar-refractivity contribution in [2.45, 2.75) is 78.4 Å². The second kappa shape index (κ2) is 6.82. The number of aromatic nitrogens is 2. The number of aryl methyl sites for hydroxylation is 2. The van der Waals surface area contributed by atoms with Crippen molar-refractivity contribution >= 4 is 15.9 Å². The van der Waals surface area contributed by atoms with Crippen LogP contribution in [0.2, 0.25) is 0 Å². The first-order valence-corrected chi connectivity index (χ1v) is 9.16. The summed E-state index contributed by atoms with van der Waals surface area (Å²) < 4.78 is 3.16. The Labute approximate surface area is 137 Å². The minimum absolute atomic E-state index is 0.562. The van der Waals surface area contributed by atoms with Crippen molar-refractivity contribution in [1.29, 1.82) is 0 Å². The SMILES string of the molecule is CCc1nn(CC)c(CC2(O)CCCC(C(C)C)C2)c1Br. The molecule has 120 valence electrons. The molecule has 0 radical (unpaired) electrons. The number of halogens is 1. The van der Waals surface area contributed by atoms with Crippen LogP contribution in [0, 0.1) is 11.8 Å². The molecule has 1 saturated carbocycles. The Morgan fingerprint density at radius 2 is 2.14 bits per heavy atom. The molecule has 4 heteroatoms. The fraction of sp³-hybridized carbons (Fsp3) is 0.824. The third-order valence-electron chi connectivity index (χ3n) is 4.99. The first-order chi connectivity index (χ1) is 9.90. The number of nitrogens with zero attached hydrogens (tertiary/aromatic N) is 2. The first kappa shape index (κ1) is 17.0. The molecule has 2 unspecified atom stereocenters. The summed E-state index contributed by atoms with van der Waals surface area (Å²) in [7, 11) is 0. The lowest BCUT2D eigenvalue weighted by atomic mass is 9.72. The zero-order valence-corrected chi connectivity index (χ0v) is 15.4. The van der Waals surface area contributed by atoms with Crippen LogP contribution in [0.5, 0.6) is 0 Å². The summed E-state index contributed by atoms with van der Waals surface area (Å²) >= 11 is 3.70. The number of hydrogen-bond donors (Lipinski definition) is 1. The van der Waals surface area contributed by atoms with E-state index >= 15 is 0 Å². The average Bonchev–Trinajstić information content (AvgIpc) is 2.74. The predicted octanol–water partition coefficient (Wildman–Crippen LogP) is 4.35. The molecule has 1 aromatic rings. The minimum atomic E-state index is -0.562. The Bertz CT molecular complexity index is 483. The third-order valence-corrected chi connectivity index (χ3v) is 5.91. The summed E-state index contributed by atoms with van der Waals surface area (Å²) in [6, 6.07) is 0. The summed E-state index contributed by atoms with van der Waals surface area (Å²) in [5.41, 5.74) is 1.71. The summed E-state index contributed by atoms with van der Waals surface area (Å²) in [5, 5.41) is 15.8. The fourth-order valence-electron chi connectivity index (χ4n) is 3.61. The average molecular weight is 357 g/mol. The van der Waals surface area contributed by atoms with Gasteiger partial charge in [0, 0.05) is 13.0 Å². The van der Waals surface area contributed by atoms with Crippen molar-refractivity contribution in [1.82, 2.24) is 9.78 Å². The second-order valence-corrected chi connectivity index (χ2v) is 7.67. The predicted molar refractivity (Wildman–Crippen MR) is 90.4 cm³/mol. The van der Waals surface area contributed by atoms with Gasteiger partial charge in [0.05, 0.1) is 21.5 Å². The molecule has 1 aliphatic rings. The van der Waals surface area contributed by atoms with Gasteiger partial charge in [0.25, 0.3) is 0 Å². The molecule has 2 atom stereocenters. The first-order valence-electron chi connectivity index (χ1n) is 8.36. The van der Waals surface area contributed by atoms with Gasteiger partial charge in [-0.25, -0.2) is 0 Å².